The number of halogens is 1. The highest BCUT2D eigenvalue weighted by molar-refractivity contribution is 14.1. The molecule has 1 heterocycles. The first-order chi connectivity index (χ1) is 7.20. The van der Waals surface area contributed by atoms with Gasteiger partial charge in [-0.1, -0.05) is 0 Å². The summed E-state index contributed by atoms with van der Waals surface area (Å²) in [5.74, 6) is 0. The maximum absolute atomic E-state index is 11.6. The third-order valence-corrected chi connectivity index (χ3v) is 2.59. The minimum atomic E-state index is -0.352. The average molecular weight is 316 g/mol. The molecule has 0 bridgehead atoms. The molecule has 0 spiro atoms. The molecule has 15 heavy (non-hydrogen) atoms. The molecule has 0 atom stereocenters. The molecule has 5 heteroatoms. The van der Waals surface area contributed by atoms with E-state index >= 15 is 0 Å². The molecule has 0 aliphatic heterocycles. The summed E-state index contributed by atoms with van der Waals surface area (Å²) in [6.07, 6.45) is 0. The van der Waals surface area contributed by atoms with E-state index in [0.717, 1.165) is 3.57 Å². The fourth-order valence-corrected chi connectivity index (χ4v) is 1.76. The molecule has 1 aromatic carbocycles. The van der Waals surface area contributed by atoms with Crippen LogP contribution in [0.1, 0.15) is 6.92 Å². The van der Waals surface area contributed by atoms with Crippen LogP contribution in [0.5, 0.6) is 0 Å². The first-order valence-electron chi connectivity index (χ1n) is 4.55. The molecule has 2 rings (SSSR count). The van der Waals surface area contributed by atoms with E-state index in [-0.39, 0.29) is 11.6 Å². The Morgan fingerprint density at radius 2 is 2.33 bits per heavy atom. The first kappa shape index (κ1) is 10.4. The molecule has 0 unspecified atom stereocenters. The van der Waals surface area contributed by atoms with Gasteiger partial charge in [0.1, 0.15) is 0 Å². The molecule has 1 N–H and O–H groups in total. The van der Waals surface area contributed by atoms with Crippen molar-refractivity contribution in [1.82, 2.24) is 4.98 Å². The third-order valence-electron chi connectivity index (χ3n) is 1.92. The van der Waals surface area contributed by atoms with E-state index in [1.54, 1.807) is 6.07 Å². The number of anilines is 1. The average Bonchev–Trinajstić information content (AvgIpc) is 2.20. The predicted octanol–water partition coefficient (Wildman–Crippen LogP) is 2.22. The Kier molecular flexibility index (Phi) is 2.90. The second kappa shape index (κ2) is 4.18. The van der Waals surface area contributed by atoms with Crippen molar-refractivity contribution in [2.24, 2.45) is 0 Å². The summed E-state index contributed by atoms with van der Waals surface area (Å²) < 4.78 is 6.00. The zero-order valence-corrected chi connectivity index (χ0v) is 10.2. The Bertz CT molecular complexity index is 551. The molecule has 0 saturated carbocycles. The lowest BCUT2D eigenvalue weighted by Crippen LogP contribution is -2.07. The molecule has 78 valence electrons. The van der Waals surface area contributed by atoms with Crippen LogP contribution in [0.2, 0.25) is 0 Å². The van der Waals surface area contributed by atoms with Gasteiger partial charge >= 0.3 is 5.63 Å². The van der Waals surface area contributed by atoms with Gasteiger partial charge in [0.15, 0.2) is 0 Å². The van der Waals surface area contributed by atoms with E-state index in [2.05, 4.69) is 32.9 Å². The van der Waals surface area contributed by atoms with E-state index in [1.165, 1.54) is 0 Å². The van der Waals surface area contributed by atoms with E-state index in [0.29, 0.717) is 17.4 Å². The Hall–Kier alpha value is -1.11. The molecule has 0 fully saturated rings. The first-order valence-corrected chi connectivity index (χ1v) is 5.63. The van der Waals surface area contributed by atoms with Gasteiger partial charge in [0.25, 0.3) is 6.01 Å². The standard InChI is InChI=1S/C10H9IN2O2/c1-2-12-10-13-8-4-3-6(11)5-7(8)9(14)15-10/h3-5H,2H2,1H3,(H,12,13). The smallest absolute Gasteiger partial charge is 0.348 e. The highest BCUT2D eigenvalue weighted by Crippen LogP contribution is 2.14. The lowest BCUT2D eigenvalue weighted by atomic mass is 10.2. The summed E-state index contributed by atoms with van der Waals surface area (Å²) in [6, 6.07) is 5.76. The van der Waals surface area contributed by atoms with Crippen LogP contribution in [0, 0.1) is 3.57 Å². The predicted molar refractivity (Wildman–Crippen MR) is 67.2 cm³/mol. The molecule has 0 amide bonds. The van der Waals surface area contributed by atoms with Crippen LogP contribution in [0.4, 0.5) is 6.01 Å². The van der Waals surface area contributed by atoms with Crippen LogP contribution in [-0.2, 0) is 0 Å². The molecule has 0 aliphatic rings. The second-order valence-electron chi connectivity index (χ2n) is 3.00. The molecule has 0 radical (unpaired) electrons. The number of nitrogens with one attached hydrogen (secondary N) is 1. The van der Waals surface area contributed by atoms with E-state index in [9.17, 15) is 4.79 Å². The zero-order valence-electron chi connectivity index (χ0n) is 8.08. The number of nitrogens with zero attached hydrogens (tertiary/aromatic N) is 1. The number of rotatable bonds is 2. The van der Waals surface area contributed by atoms with Crippen molar-refractivity contribution in [3.05, 3.63) is 32.2 Å². The van der Waals surface area contributed by atoms with Gasteiger partial charge in [0, 0.05) is 10.1 Å². The highest BCUT2D eigenvalue weighted by atomic mass is 127. The van der Waals surface area contributed by atoms with Gasteiger partial charge in [-0.25, -0.2) is 4.79 Å². The van der Waals surface area contributed by atoms with Crippen molar-refractivity contribution >= 4 is 39.5 Å². The number of fused-ring (bicyclic) bond motifs is 1. The van der Waals surface area contributed by atoms with E-state index < -0.39 is 0 Å². The topological polar surface area (TPSA) is 55.1 Å². The molecule has 4 nitrogen and oxygen atoms in total. The van der Waals surface area contributed by atoms with Crippen molar-refractivity contribution in [3.63, 3.8) is 0 Å². The van der Waals surface area contributed by atoms with E-state index in [1.807, 2.05) is 19.1 Å². The SMILES string of the molecule is CCNc1nc2ccc(I)cc2c(=O)o1. The fourth-order valence-electron chi connectivity index (χ4n) is 1.27. The van der Waals surface area contributed by atoms with Crippen LogP contribution in [-0.4, -0.2) is 11.5 Å². The Labute approximate surface area is 99.8 Å². The molecule has 0 saturated heterocycles. The quantitative estimate of drug-likeness (QED) is 0.863. The lowest BCUT2D eigenvalue weighted by Gasteiger charge is -2.01. The Morgan fingerprint density at radius 1 is 1.53 bits per heavy atom. The van der Waals surface area contributed by atoms with Crippen LogP contribution >= 0.6 is 22.6 Å². The normalized spacial score (nSPS) is 10.5. The minimum absolute atomic E-state index is 0.274. The van der Waals surface area contributed by atoms with Crippen LogP contribution in [0.3, 0.4) is 0 Å². The zero-order chi connectivity index (χ0) is 10.8. The Morgan fingerprint density at radius 3 is 3.07 bits per heavy atom. The fraction of sp³-hybridized carbons (Fsp3) is 0.200. The number of hydrogen-bond donors (Lipinski definition) is 1. The van der Waals surface area contributed by atoms with Gasteiger partial charge in [-0.2, -0.15) is 4.98 Å². The number of aromatic nitrogens is 1. The van der Waals surface area contributed by atoms with Gasteiger partial charge in [-0.05, 0) is 47.7 Å². The van der Waals surface area contributed by atoms with Crippen molar-refractivity contribution in [1.29, 1.82) is 0 Å². The summed E-state index contributed by atoms with van der Waals surface area (Å²) in [7, 11) is 0. The summed E-state index contributed by atoms with van der Waals surface area (Å²) in [4.78, 5) is 15.8. The molecule has 1 aromatic heterocycles. The molecular formula is C10H9IN2O2. The number of benzene rings is 1. The molecule has 0 aliphatic carbocycles. The van der Waals surface area contributed by atoms with Crippen molar-refractivity contribution in [3.8, 4) is 0 Å². The third kappa shape index (κ3) is 2.11. The maximum Gasteiger partial charge on any atom is 0.348 e. The summed E-state index contributed by atoms with van der Waals surface area (Å²) in [5, 5.41) is 3.39. The van der Waals surface area contributed by atoms with Gasteiger partial charge in [0.05, 0.1) is 10.9 Å². The van der Waals surface area contributed by atoms with Crippen LogP contribution < -0.4 is 10.9 Å². The maximum atomic E-state index is 11.6. The Balaban J connectivity index is 2.67. The lowest BCUT2D eigenvalue weighted by molar-refractivity contribution is 0.517. The largest absolute Gasteiger partial charge is 0.389 e. The highest BCUT2D eigenvalue weighted by Gasteiger charge is 2.05. The van der Waals surface area contributed by atoms with Gasteiger partial charge in [0.2, 0.25) is 0 Å². The van der Waals surface area contributed by atoms with Gasteiger partial charge < -0.3 is 9.73 Å². The molecular weight excluding hydrogens is 307 g/mol. The monoisotopic (exact) mass is 316 g/mol. The summed E-state index contributed by atoms with van der Waals surface area (Å²) in [5.41, 5.74) is 0.303. The molecule has 2 aromatic rings. The van der Waals surface area contributed by atoms with E-state index in [4.69, 9.17) is 4.42 Å². The van der Waals surface area contributed by atoms with Crippen molar-refractivity contribution in [2.45, 2.75) is 6.92 Å². The van der Waals surface area contributed by atoms with Gasteiger partial charge in [-0.15, -0.1) is 0 Å². The van der Waals surface area contributed by atoms with Gasteiger partial charge in [-0.3, -0.25) is 0 Å². The minimum Gasteiger partial charge on any atom is -0.389 e. The van der Waals surface area contributed by atoms with Crippen LogP contribution in [0.25, 0.3) is 10.9 Å². The van der Waals surface area contributed by atoms with Crippen molar-refractivity contribution < 1.29 is 4.42 Å². The van der Waals surface area contributed by atoms with Crippen LogP contribution in [0.15, 0.2) is 27.4 Å². The van der Waals surface area contributed by atoms with Crippen molar-refractivity contribution in [2.75, 3.05) is 11.9 Å². The second-order valence-corrected chi connectivity index (χ2v) is 4.24. The number of hydrogen-bond acceptors (Lipinski definition) is 4. The summed E-state index contributed by atoms with van der Waals surface area (Å²) >= 11 is 2.15. The summed E-state index contributed by atoms with van der Waals surface area (Å²) in [6.45, 7) is 2.59.